The summed E-state index contributed by atoms with van der Waals surface area (Å²) in [4.78, 5) is 25.6. The highest BCUT2D eigenvalue weighted by molar-refractivity contribution is 9.10. The highest BCUT2D eigenvalue weighted by Gasteiger charge is 2.37. The van der Waals surface area contributed by atoms with Crippen LogP contribution in [0.1, 0.15) is 36.2 Å². The molecule has 0 N–H and O–H groups in total. The standard InChI is InChI=1S/C14H16BrNO2/c1-4-8(2)7-16-12-9(3)5-10(15)6-11(12)13(17)14(16)18/h5-6,8H,4,7H2,1-3H3. The fourth-order valence-corrected chi connectivity index (χ4v) is 2.79. The number of anilines is 1. The van der Waals surface area contributed by atoms with Gasteiger partial charge in [0, 0.05) is 11.0 Å². The third kappa shape index (κ3) is 2.09. The average Bonchev–Trinajstić information content (AvgIpc) is 2.54. The molecular formula is C14H16BrNO2. The Morgan fingerprint density at radius 1 is 1.33 bits per heavy atom. The van der Waals surface area contributed by atoms with Gasteiger partial charge in [0.15, 0.2) is 0 Å². The number of hydrogen-bond donors (Lipinski definition) is 0. The van der Waals surface area contributed by atoms with E-state index in [0.717, 1.165) is 22.1 Å². The Balaban J connectivity index is 2.48. The maximum atomic E-state index is 12.0. The fraction of sp³-hybridized carbons (Fsp3) is 0.429. The summed E-state index contributed by atoms with van der Waals surface area (Å²) >= 11 is 3.37. The molecule has 0 aliphatic carbocycles. The van der Waals surface area contributed by atoms with E-state index < -0.39 is 11.7 Å². The van der Waals surface area contributed by atoms with Crippen LogP contribution in [-0.4, -0.2) is 18.2 Å². The predicted octanol–water partition coefficient (Wildman–Crippen LogP) is 3.33. The second-order valence-electron chi connectivity index (χ2n) is 4.88. The molecule has 0 aromatic heterocycles. The summed E-state index contributed by atoms with van der Waals surface area (Å²) < 4.78 is 0.838. The van der Waals surface area contributed by atoms with E-state index >= 15 is 0 Å². The minimum Gasteiger partial charge on any atom is -0.304 e. The first kappa shape index (κ1) is 13.3. The van der Waals surface area contributed by atoms with Crippen LogP contribution in [0.15, 0.2) is 16.6 Å². The Hall–Kier alpha value is -1.16. The van der Waals surface area contributed by atoms with Crippen molar-refractivity contribution in [2.45, 2.75) is 27.2 Å². The quantitative estimate of drug-likeness (QED) is 0.803. The highest BCUT2D eigenvalue weighted by atomic mass is 79.9. The van der Waals surface area contributed by atoms with Gasteiger partial charge in [0.05, 0.1) is 11.3 Å². The Kier molecular flexibility index (Phi) is 3.57. The Labute approximate surface area is 115 Å². The molecule has 18 heavy (non-hydrogen) atoms. The maximum absolute atomic E-state index is 12.0. The summed E-state index contributed by atoms with van der Waals surface area (Å²) in [5.74, 6) is -0.403. The van der Waals surface area contributed by atoms with E-state index in [1.807, 2.05) is 13.0 Å². The number of aryl methyl sites for hydroxylation is 1. The Bertz CT molecular complexity index is 525. The molecule has 1 amide bonds. The number of nitrogens with zero attached hydrogens (tertiary/aromatic N) is 1. The molecule has 1 unspecified atom stereocenters. The van der Waals surface area contributed by atoms with E-state index in [4.69, 9.17) is 0 Å². The summed E-state index contributed by atoms with van der Waals surface area (Å²) in [6.07, 6.45) is 0.989. The molecule has 1 aliphatic rings. The number of hydrogen-bond acceptors (Lipinski definition) is 2. The molecule has 1 aliphatic heterocycles. The number of carbonyl (C=O) groups is 2. The van der Waals surface area contributed by atoms with Gasteiger partial charge in [0.1, 0.15) is 0 Å². The lowest BCUT2D eigenvalue weighted by molar-refractivity contribution is -0.114. The van der Waals surface area contributed by atoms with E-state index in [1.165, 1.54) is 0 Å². The molecule has 0 bridgehead atoms. The van der Waals surface area contributed by atoms with Crippen LogP contribution in [0.25, 0.3) is 0 Å². The number of amides is 1. The number of fused-ring (bicyclic) bond motifs is 1. The second kappa shape index (κ2) is 4.84. The molecule has 1 heterocycles. The van der Waals surface area contributed by atoms with Gasteiger partial charge in [-0.15, -0.1) is 0 Å². The molecule has 0 saturated carbocycles. The lowest BCUT2D eigenvalue weighted by Gasteiger charge is -2.21. The van der Waals surface area contributed by atoms with Gasteiger partial charge in [0.25, 0.3) is 11.7 Å². The van der Waals surface area contributed by atoms with Crippen LogP contribution in [0.4, 0.5) is 5.69 Å². The Morgan fingerprint density at radius 3 is 2.61 bits per heavy atom. The van der Waals surface area contributed by atoms with Crippen molar-refractivity contribution < 1.29 is 9.59 Å². The van der Waals surface area contributed by atoms with E-state index in [2.05, 4.69) is 29.8 Å². The zero-order valence-corrected chi connectivity index (χ0v) is 12.4. The lowest BCUT2D eigenvalue weighted by atomic mass is 10.1. The zero-order chi connectivity index (χ0) is 13.4. The summed E-state index contributed by atoms with van der Waals surface area (Å²) in [5, 5.41) is 0. The van der Waals surface area contributed by atoms with E-state index in [-0.39, 0.29) is 0 Å². The SMILES string of the molecule is CCC(C)CN1C(=O)C(=O)c2cc(Br)cc(C)c21. The molecule has 96 valence electrons. The zero-order valence-electron chi connectivity index (χ0n) is 10.8. The summed E-state index contributed by atoms with van der Waals surface area (Å²) in [5.41, 5.74) is 2.27. The van der Waals surface area contributed by atoms with Gasteiger partial charge >= 0.3 is 0 Å². The average molecular weight is 310 g/mol. The Morgan fingerprint density at radius 2 is 2.00 bits per heavy atom. The predicted molar refractivity (Wildman–Crippen MR) is 75.0 cm³/mol. The van der Waals surface area contributed by atoms with Crippen molar-refractivity contribution in [3.8, 4) is 0 Å². The molecule has 0 spiro atoms. The van der Waals surface area contributed by atoms with E-state index in [9.17, 15) is 9.59 Å². The minimum absolute atomic E-state index is 0.385. The van der Waals surface area contributed by atoms with Crippen molar-refractivity contribution in [1.29, 1.82) is 0 Å². The smallest absolute Gasteiger partial charge is 0.299 e. The van der Waals surface area contributed by atoms with Gasteiger partial charge in [-0.2, -0.15) is 0 Å². The molecule has 1 aromatic rings. The molecule has 0 fully saturated rings. The summed E-state index contributed by atoms with van der Waals surface area (Å²) in [6, 6.07) is 3.67. The topological polar surface area (TPSA) is 37.4 Å². The molecule has 2 rings (SSSR count). The fourth-order valence-electron chi connectivity index (χ4n) is 2.22. The van der Waals surface area contributed by atoms with Gasteiger partial charge in [-0.3, -0.25) is 9.59 Å². The third-order valence-corrected chi connectivity index (χ3v) is 3.87. The van der Waals surface area contributed by atoms with Gasteiger partial charge in [-0.05, 0) is 30.5 Å². The van der Waals surface area contributed by atoms with Crippen molar-refractivity contribution in [3.63, 3.8) is 0 Å². The molecule has 0 radical (unpaired) electrons. The molecule has 1 aromatic carbocycles. The third-order valence-electron chi connectivity index (χ3n) is 3.41. The van der Waals surface area contributed by atoms with Crippen molar-refractivity contribution in [1.82, 2.24) is 0 Å². The second-order valence-corrected chi connectivity index (χ2v) is 5.79. The normalized spacial score (nSPS) is 16.1. The molecule has 0 saturated heterocycles. The minimum atomic E-state index is -0.397. The number of ketones is 1. The van der Waals surface area contributed by atoms with Crippen molar-refractivity contribution in [2.75, 3.05) is 11.4 Å². The van der Waals surface area contributed by atoms with E-state index in [1.54, 1.807) is 11.0 Å². The highest BCUT2D eigenvalue weighted by Crippen LogP contribution is 2.35. The first-order chi connectivity index (χ1) is 8.45. The van der Waals surface area contributed by atoms with E-state index in [0.29, 0.717) is 18.0 Å². The van der Waals surface area contributed by atoms with Crippen molar-refractivity contribution >= 4 is 33.3 Å². The first-order valence-electron chi connectivity index (χ1n) is 6.12. The molecule has 4 heteroatoms. The molecular weight excluding hydrogens is 294 g/mol. The monoisotopic (exact) mass is 309 g/mol. The van der Waals surface area contributed by atoms with Crippen LogP contribution in [0.3, 0.4) is 0 Å². The molecule has 3 nitrogen and oxygen atoms in total. The van der Waals surface area contributed by atoms with Crippen LogP contribution in [0.2, 0.25) is 0 Å². The van der Waals surface area contributed by atoms with Crippen LogP contribution in [0.5, 0.6) is 0 Å². The van der Waals surface area contributed by atoms with Crippen molar-refractivity contribution in [3.05, 3.63) is 27.7 Å². The van der Waals surface area contributed by atoms with Crippen molar-refractivity contribution in [2.24, 2.45) is 5.92 Å². The number of carbonyl (C=O) groups excluding carboxylic acids is 2. The number of Topliss-reactive ketones (excluding diaryl/α,β-unsaturated/α-hetero) is 1. The number of halogens is 1. The molecule has 1 atom stereocenters. The van der Waals surface area contributed by atoms with Gasteiger partial charge < -0.3 is 4.90 Å². The summed E-state index contributed by atoms with van der Waals surface area (Å²) in [6.45, 7) is 6.71. The van der Waals surface area contributed by atoms with Gasteiger partial charge in [-0.25, -0.2) is 0 Å². The van der Waals surface area contributed by atoms with Crippen LogP contribution in [-0.2, 0) is 4.79 Å². The lowest BCUT2D eigenvalue weighted by Crippen LogP contribution is -2.33. The van der Waals surface area contributed by atoms with Crippen LogP contribution in [0, 0.1) is 12.8 Å². The number of rotatable bonds is 3. The van der Waals surface area contributed by atoms with Crippen LogP contribution < -0.4 is 4.90 Å². The summed E-state index contributed by atoms with van der Waals surface area (Å²) in [7, 11) is 0. The maximum Gasteiger partial charge on any atom is 0.299 e. The van der Waals surface area contributed by atoms with Gasteiger partial charge in [-0.1, -0.05) is 36.2 Å². The van der Waals surface area contributed by atoms with Gasteiger partial charge in [0.2, 0.25) is 0 Å². The largest absolute Gasteiger partial charge is 0.304 e. The van der Waals surface area contributed by atoms with Crippen LogP contribution >= 0.6 is 15.9 Å². The first-order valence-corrected chi connectivity index (χ1v) is 6.91. The number of benzene rings is 1.